The van der Waals surface area contributed by atoms with Crippen molar-refractivity contribution in [2.24, 2.45) is 0 Å². The summed E-state index contributed by atoms with van der Waals surface area (Å²) in [6.07, 6.45) is 67.9. The topological polar surface area (TPSA) is 155 Å². The predicted octanol–water partition coefficient (Wildman–Crippen LogP) is 18.0. The molecule has 3 unspecified atom stereocenters. The van der Waals surface area contributed by atoms with E-state index in [4.69, 9.17) is 23.3 Å². The Hall–Kier alpha value is -3.60. The summed E-state index contributed by atoms with van der Waals surface area (Å²) in [6.45, 7) is 4.37. The number of carbonyl (C=O) groups excluding carboxylic acids is 3. The molecule has 3 atom stereocenters. The van der Waals surface area contributed by atoms with E-state index in [9.17, 15) is 28.9 Å². The van der Waals surface area contributed by atoms with E-state index in [-0.39, 0.29) is 25.9 Å². The summed E-state index contributed by atoms with van der Waals surface area (Å²) in [5.74, 6) is -1.52. The van der Waals surface area contributed by atoms with Crippen molar-refractivity contribution in [2.75, 3.05) is 26.4 Å². The lowest BCUT2D eigenvalue weighted by atomic mass is 10.1. The lowest BCUT2D eigenvalue weighted by Crippen LogP contribution is -2.30. The molecule has 0 aromatic heterocycles. The van der Waals surface area contributed by atoms with Gasteiger partial charge in [0.25, 0.3) is 0 Å². The van der Waals surface area contributed by atoms with Crippen LogP contribution in [0.5, 0.6) is 0 Å². The Labute approximate surface area is 463 Å². The van der Waals surface area contributed by atoms with Gasteiger partial charge in [-0.3, -0.25) is 23.4 Å². The molecule has 0 aliphatic heterocycles. The lowest BCUT2D eigenvalue weighted by molar-refractivity contribution is -0.161. The van der Waals surface area contributed by atoms with Crippen LogP contribution < -0.4 is 0 Å². The molecule has 0 aliphatic carbocycles. The second-order valence-electron chi connectivity index (χ2n) is 19.7. The number of hydrogen-bond donors (Lipinski definition) is 2. The zero-order chi connectivity index (χ0) is 55.5. The van der Waals surface area contributed by atoms with Crippen molar-refractivity contribution < 1.29 is 52.2 Å². The number of carbonyl (C=O) groups is 3. The van der Waals surface area contributed by atoms with E-state index in [0.717, 1.165) is 128 Å². The molecule has 0 aliphatic rings. The Bertz CT molecular complexity index is 1640. The summed E-state index contributed by atoms with van der Waals surface area (Å²) < 4.78 is 39.6. The van der Waals surface area contributed by atoms with Crippen molar-refractivity contribution in [2.45, 2.75) is 264 Å². The highest BCUT2D eigenvalue weighted by Gasteiger charge is 2.28. The Balaban J connectivity index is 4.78. The van der Waals surface area contributed by atoms with Crippen molar-refractivity contribution in [3.63, 3.8) is 0 Å². The third-order valence-corrected chi connectivity index (χ3v) is 13.4. The van der Waals surface area contributed by atoms with E-state index in [1.807, 2.05) is 0 Å². The highest BCUT2D eigenvalue weighted by atomic mass is 31.2. The SMILES string of the molecule is CC/C=C\C/C=C\C/C=C\C/C=C\CCCCCCC(=O)OC(COC(=O)CCCCCCCCC/C=C\CCCCCCCC)COP(=O)(O)OCC(CO)OC(=O)CCCCCCC/C=C\C/C=C\C/C=C\CC. The quantitative estimate of drug-likeness (QED) is 0.0197. The number of hydrogen-bond acceptors (Lipinski definition) is 10. The Morgan fingerprint density at radius 3 is 1.07 bits per heavy atom. The number of unbranched alkanes of at least 4 members (excludes halogenated alkanes) is 22. The van der Waals surface area contributed by atoms with Gasteiger partial charge in [0, 0.05) is 19.3 Å². The molecule has 0 saturated carbocycles. The van der Waals surface area contributed by atoms with E-state index >= 15 is 0 Å². The summed E-state index contributed by atoms with van der Waals surface area (Å²) in [5.41, 5.74) is 0. The number of allylic oxidation sites excluding steroid dienone is 16. The monoisotopic (exact) mass is 1080 g/mol. The molecule has 0 aromatic rings. The van der Waals surface area contributed by atoms with Crippen LogP contribution in [0.25, 0.3) is 0 Å². The van der Waals surface area contributed by atoms with Gasteiger partial charge in [0.15, 0.2) is 6.10 Å². The van der Waals surface area contributed by atoms with Crippen LogP contribution in [0.1, 0.15) is 252 Å². The fourth-order valence-electron chi connectivity index (χ4n) is 7.94. The van der Waals surface area contributed by atoms with Gasteiger partial charge in [0.1, 0.15) is 12.7 Å². The van der Waals surface area contributed by atoms with Crippen LogP contribution >= 0.6 is 7.82 Å². The van der Waals surface area contributed by atoms with Gasteiger partial charge < -0.3 is 24.2 Å². The number of ether oxygens (including phenoxy) is 3. The highest BCUT2D eigenvalue weighted by Crippen LogP contribution is 2.43. The van der Waals surface area contributed by atoms with Crippen LogP contribution in [0.2, 0.25) is 0 Å². The molecule has 0 aromatic carbocycles. The normalized spacial score (nSPS) is 14.0. The zero-order valence-electron chi connectivity index (χ0n) is 48.2. The molecule has 0 saturated heterocycles. The van der Waals surface area contributed by atoms with Gasteiger partial charge in [-0.25, -0.2) is 4.57 Å². The summed E-state index contributed by atoms with van der Waals surface area (Å²) in [5, 5.41) is 9.83. The molecule has 436 valence electrons. The largest absolute Gasteiger partial charge is 0.472 e. The molecular formula is C64H109O11P. The van der Waals surface area contributed by atoms with E-state index in [1.165, 1.54) is 64.2 Å². The lowest BCUT2D eigenvalue weighted by Gasteiger charge is -2.21. The van der Waals surface area contributed by atoms with Crippen LogP contribution in [0.15, 0.2) is 97.2 Å². The summed E-state index contributed by atoms with van der Waals surface area (Å²) in [6, 6.07) is 0. The second kappa shape index (κ2) is 57.6. The van der Waals surface area contributed by atoms with Gasteiger partial charge in [0.2, 0.25) is 0 Å². The molecule has 0 fully saturated rings. The minimum absolute atomic E-state index is 0.134. The zero-order valence-corrected chi connectivity index (χ0v) is 49.1. The van der Waals surface area contributed by atoms with Crippen LogP contribution in [0, 0.1) is 0 Å². The summed E-state index contributed by atoms with van der Waals surface area (Å²) in [7, 11) is -4.77. The number of aliphatic hydroxyl groups excluding tert-OH is 1. The van der Waals surface area contributed by atoms with Crippen LogP contribution in [-0.2, 0) is 42.2 Å². The average Bonchev–Trinajstić information content (AvgIpc) is 3.41. The van der Waals surface area contributed by atoms with E-state index in [2.05, 4.69) is 118 Å². The smallest absolute Gasteiger partial charge is 0.462 e. The predicted molar refractivity (Wildman–Crippen MR) is 316 cm³/mol. The molecule has 0 bridgehead atoms. The first kappa shape index (κ1) is 72.4. The number of phosphoric ester groups is 1. The number of phosphoric acid groups is 1. The molecule has 0 amide bonds. The maximum atomic E-state index is 12.9. The van der Waals surface area contributed by atoms with Crippen molar-refractivity contribution >= 4 is 25.7 Å². The molecule has 0 rings (SSSR count). The number of aliphatic hydroxyl groups is 1. The fraction of sp³-hybridized carbons (Fsp3) is 0.703. The van der Waals surface area contributed by atoms with Gasteiger partial charge in [0.05, 0.1) is 19.8 Å². The minimum Gasteiger partial charge on any atom is -0.462 e. The standard InChI is InChI=1S/C64H109O11P/c1-4-7-10-13-16-19-22-25-28-30-33-35-38-41-44-47-50-53-62(66)71-57-61(75-64(68)55-52-49-46-43-40-37-34-31-29-26-23-20-17-14-11-8-5-2)59-73-76(69,70)72-58-60(56-65)74-63(67)54-51-48-45-42-39-36-32-27-24-21-18-15-12-9-6-3/h8-9,11-12,17-18,20-21,25-29,32,34,37,60-61,65H,4-7,10,13-16,19,22-24,30-31,33,35-36,38-59H2,1-3H3,(H,69,70)/b11-8-,12-9-,20-17-,21-18-,28-25-,29-26-,32-27-,37-34-. The third-order valence-electron chi connectivity index (χ3n) is 12.5. The maximum absolute atomic E-state index is 12.9. The van der Waals surface area contributed by atoms with Crippen LogP contribution in [0.3, 0.4) is 0 Å². The molecule has 0 heterocycles. The fourth-order valence-corrected chi connectivity index (χ4v) is 8.73. The van der Waals surface area contributed by atoms with Gasteiger partial charge in [-0.2, -0.15) is 0 Å². The van der Waals surface area contributed by atoms with Crippen molar-refractivity contribution in [1.82, 2.24) is 0 Å². The Morgan fingerprint density at radius 2 is 0.684 bits per heavy atom. The molecule has 0 radical (unpaired) electrons. The minimum atomic E-state index is -4.77. The van der Waals surface area contributed by atoms with E-state index in [0.29, 0.717) is 19.3 Å². The molecule has 2 N–H and O–H groups in total. The molecular weight excluding hydrogens is 976 g/mol. The first-order valence-electron chi connectivity index (χ1n) is 30.1. The van der Waals surface area contributed by atoms with Crippen molar-refractivity contribution in [1.29, 1.82) is 0 Å². The van der Waals surface area contributed by atoms with E-state index in [1.54, 1.807) is 0 Å². The van der Waals surface area contributed by atoms with Crippen LogP contribution in [0.4, 0.5) is 0 Å². The van der Waals surface area contributed by atoms with E-state index < -0.39 is 57.8 Å². The molecule has 12 heteroatoms. The first-order valence-corrected chi connectivity index (χ1v) is 31.6. The summed E-state index contributed by atoms with van der Waals surface area (Å²) in [4.78, 5) is 48.6. The molecule has 11 nitrogen and oxygen atoms in total. The average molecular weight is 1090 g/mol. The second-order valence-corrected chi connectivity index (χ2v) is 21.2. The highest BCUT2D eigenvalue weighted by molar-refractivity contribution is 7.47. The summed E-state index contributed by atoms with van der Waals surface area (Å²) >= 11 is 0. The first-order chi connectivity index (χ1) is 37.2. The van der Waals surface area contributed by atoms with Gasteiger partial charge in [-0.1, -0.05) is 214 Å². The number of rotatable bonds is 55. The maximum Gasteiger partial charge on any atom is 0.472 e. The third kappa shape index (κ3) is 55.2. The van der Waals surface area contributed by atoms with Crippen molar-refractivity contribution in [3.8, 4) is 0 Å². The molecule has 76 heavy (non-hydrogen) atoms. The Kier molecular flexibility index (Phi) is 54.8. The van der Waals surface area contributed by atoms with Gasteiger partial charge >= 0.3 is 25.7 Å². The van der Waals surface area contributed by atoms with Crippen LogP contribution in [-0.4, -0.2) is 66.5 Å². The Morgan fingerprint density at radius 1 is 0.382 bits per heavy atom. The van der Waals surface area contributed by atoms with Gasteiger partial charge in [-0.15, -0.1) is 0 Å². The van der Waals surface area contributed by atoms with Crippen molar-refractivity contribution in [3.05, 3.63) is 97.2 Å². The van der Waals surface area contributed by atoms with Gasteiger partial charge in [-0.05, 0) is 116 Å². The molecule has 0 spiro atoms. The number of esters is 3.